The molecule has 0 spiro atoms. The van der Waals surface area contributed by atoms with Gasteiger partial charge in [-0.15, -0.1) is 0 Å². The van der Waals surface area contributed by atoms with Crippen LogP contribution in [0.25, 0.3) is 0 Å². The van der Waals surface area contributed by atoms with Crippen molar-refractivity contribution in [2.24, 2.45) is 0 Å². The van der Waals surface area contributed by atoms with Crippen LogP contribution in [0.3, 0.4) is 0 Å². The number of Topliss-reactive ketones (excluding diaryl/α,β-unsaturated/α-hetero) is 1. The predicted molar refractivity (Wildman–Crippen MR) is 58.8 cm³/mol. The Kier molecular flexibility index (Phi) is 3.75. The Morgan fingerprint density at radius 2 is 2.06 bits per heavy atom. The molecule has 2 nitrogen and oxygen atoms in total. The van der Waals surface area contributed by atoms with Crippen LogP contribution in [0, 0.1) is 5.82 Å². The second-order valence-corrected chi connectivity index (χ2v) is 4.09. The van der Waals surface area contributed by atoms with E-state index in [2.05, 4.69) is 5.32 Å². The van der Waals surface area contributed by atoms with E-state index in [9.17, 15) is 13.6 Å². The number of nitrogens with one attached hydrogen (secondary N) is 1. The van der Waals surface area contributed by atoms with E-state index in [1.54, 1.807) is 7.05 Å². The summed E-state index contributed by atoms with van der Waals surface area (Å²) in [5.74, 6) is -1.00. The lowest BCUT2D eigenvalue weighted by molar-refractivity contribution is 0.0985. The fourth-order valence-electron chi connectivity index (χ4n) is 1.62. The molecule has 0 aliphatic rings. The minimum Gasteiger partial charge on any atom is -0.313 e. The van der Waals surface area contributed by atoms with Gasteiger partial charge in [0.2, 0.25) is 0 Å². The van der Waals surface area contributed by atoms with Crippen LogP contribution in [0.4, 0.5) is 8.78 Å². The average molecular weight is 227 g/mol. The number of carbonyl (C=O) groups is 1. The van der Waals surface area contributed by atoms with Crippen LogP contribution < -0.4 is 5.32 Å². The largest absolute Gasteiger partial charge is 0.313 e. The van der Waals surface area contributed by atoms with E-state index in [0.29, 0.717) is 0 Å². The zero-order chi connectivity index (χ0) is 12.3. The van der Waals surface area contributed by atoms with E-state index in [1.165, 1.54) is 26.0 Å². The topological polar surface area (TPSA) is 29.1 Å². The van der Waals surface area contributed by atoms with Gasteiger partial charge in [0.25, 0.3) is 0 Å². The predicted octanol–water partition coefficient (Wildman–Crippen LogP) is 2.43. The van der Waals surface area contributed by atoms with E-state index in [1.807, 2.05) is 0 Å². The standard InChI is InChI=1S/C12H15F2NO/c1-12(2,14)11-8(10(16)7-15-3)5-4-6-9(11)13/h4-6,15H,7H2,1-3H3. The number of hydrogen-bond acceptors (Lipinski definition) is 2. The SMILES string of the molecule is CNCC(=O)c1cccc(F)c1C(C)(C)F. The molecule has 4 heteroatoms. The van der Waals surface area contributed by atoms with E-state index in [0.717, 1.165) is 6.07 Å². The second kappa shape index (κ2) is 4.70. The molecule has 0 saturated carbocycles. The molecule has 1 rings (SSSR count). The van der Waals surface area contributed by atoms with E-state index >= 15 is 0 Å². The monoisotopic (exact) mass is 227 g/mol. The summed E-state index contributed by atoms with van der Waals surface area (Å²) in [5, 5.41) is 2.67. The minimum atomic E-state index is -1.87. The van der Waals surface area contributed by atoms with Gasteiger partial charge in [0.1, 0.15) is 11.5 Å². The fourth-order valence-corrected chi connectivity index (χ4v) is 1.62. The van der Waals surface area contributed by atoms with Crippen molar-refractivity contribution < 1.29 is 13.6 Å². The molecule has 1 aromatic carbocycles. The quantitative estimate of drug-likeness (QED) is 0.800. The first-order valence-corrected chi connectivity index (χ1v) is 5.03. The van der Waals surface area contributed by atoms with Gasteiger partial charge in [-0.05, 0) is 27.0 Å². The van der Waals surface area contributed by atoms with Gasteiger partial charge in [-0.3, -0.25) is 4.79 Å². The highest BCUT2D eigenvalue weighted by molar-refractivity contribution is 5.99. The van der Waals surface area contributed by atoms with Gasteiger partial charge in [-0.1, -0.05) is 12.1 Å². The number of rotatable bonds is 4. The lowest BCUT2D eigenvalue weighted by Crippen LogP contribution is -2.24. The summed E-state index contributed by atoms with van der Waals surface area (Å²) < 4.78 is 27.4. The number of benzene rings is 1. The van der Waals surface area contributed by atoms with Crippen LogP contribution in [-0.4, -0.2) is 19.4 Å². The zero-order valence-corrected chi connectivity index (χ0v) is 9.60. The minimum absolute atomic E-state index is 0.0620. The highest BCUT2D eigenvalue weighted by Gasteiger charge is 2.28. The molecule has 0 amide bonds. The number of hydrogen-bond donors (Lipinski definition) is 1. The number of likely N-dealkylation sites (N-methyl/N-ethyl adjacent to an activating group) is 1. The summed E-state index contributed by atoms with van der Waals surface area (Å²) in [5.41, 5.74) is -1.94. The van der Waals surface area contributed by atoms with E-state index in [4.69, 9.17) is 0 Å². The molecule has 0 fully saturated rings. The smallest absolute Gasteiger partial charge is 0.177 e. The maximum atomic E-state index is 13.8. The Morgan fingerprint density at radius 3 is 2.56 bits per heavy atom. The molecule has 0 unspecified atom stereocenters. The maximum Gasteiger partial charge on any atom is 0.177 e. The van der Waals surface area contributed by atoms with Crippen molar-refractivity contribution >= 4 is 5.78 Å². The lowest BCUT2D eigenvalue weighted by atomic mass is 9.92. The third-order valence-electron chi connectivity index (χ3n) is 2.25. The van der Waals surface area contributed by atoms with Crippen LogP contribution in [0.2, 0.25) is 0 Å². The fraction of sp³-hybridized carbons (Fsp3) is 0.417. The molecule has 0 aliphatic carbocycles. The summed E-state index contributed by atoms with van der Waals surface area (Å²) in [4.78, 5) is 11.7. The molecule has 0 radical (unpaired) electrons. The zero-order valence-electron chi connectivity index (χ0n) is 9.60. The molecule has 88 valence electrons. The van der Waals surface area contributed by atoms with Crippen molar-refractivity contribution in [1.29, 1.82) is 0 Å². The lowest BCUT2D eigenvalue weighted by Gasteiger charge is -2.19. The van der Waals surface area contributed by atoms with Gasteiger partial charge in [-0.25, -0.2) is 8.78 Å². The van der Waals surface area contributed by atoms with Crippen molar-refractivity contribution in [3.8, 4) is 0 Å². The van der Waals surface area contributed by atoms with Crippen LogP contribution in [-0.2, 0) is 5.67 Å². The van der Waals surface area contributed by atoms with Crippen LogP contribution in [0.1, 0.15) is 29.8 Å². The van der Waals surface area contributed by atoms with Gasteiger partial charge in [-0.2, -0.15) is 0 Å². The van der Waals surface area contributed by atoms with Crippen LogP contribution in [0.15, 0.2) is 18.2 Å². The first-order chi connectivity index (χ1) is 7.38. The molecule has 0 heterocycles. The number of halogens is 2. The molecule has 0 saturated heterocycles. The summed E-state index contributed by atoms with van der Waals surface area (Å²) in [6.07, 6.45) is 0. The molecular formula is C12H15F2NO. The Morgan fingerprint density at radius 1 is 1.44 bits per heavy atom. The summed E-state index contributed by atoms with van der Waals surface area (Å²) in [7, 11) is 1.61. The average Bonchev–Trinajstić information content (AvgIpc) is 2.15. The number of alkyl halides is 1. The van der Waals surface area contributed by atoms with Gasteiger partial charge in [0, 0.05) is 11.1 Å². The highest BCUT2D eigenvalue weighted by atomic mass is 19.1. The van der Waals surface area contributed by atoms with Gasteiger partial charge >= 0.3 is 0 Å². The van der Waals surface area contributed by atoms with Crippen LogP contribution >= 0.6 is 0 Å². The van der Waals surface area contributed by atoms with Crippen molar-refractivity contribution in [2.45, 2.75) is 19.5 Å². The van der Waals surface area contributed by atoms with Crippen LogP contribution in [0.5, 0.6) is 0 Å². The van der Waals surface area contributed by atoms with Crippen molar-refractivity contribution in [3.63, 3.8) is 0 Å². The van der Waals surface area contributed by atoms with Gasteiger partial charge < -0.3 is 5.32 Å². The van der Waals surface area contributed by atoms with Gasteiger partial charge in [0.05, 0.1) is 6.54 Å². The first kappa shape index (κ1) is 12.8. The summed E-state index contributed by atoms with van der Waals surface area (Å²) >= 11 is 0. The summed E-state index contributed by atoms with van der Waals surface area (Å²) in [6.45, 7) is 2.54. The Balaban J connectivity index is 3.29. The molecule has 0 atom stereocenters. The molecule has 0 aliphatic heterocycles. The maximum absolute atomic E-state index is 13.8. The molecule has 0 aromatic heterocycles. The van der Waals surface area contributed by atoms with Crippen molar-refractivity contribution in [2.75, 3.05) is 13.6 Å². The van der Waals surface area contributed by atoms with Gasteiger partial charge in [0.15, 0.2) is 5.78 Å². The Hall–Kier alpha value is -1.29. The normalized spacial score (nSPS) is 11.6. The Bertz CT molecular complexity index is 396. The molecule has 0 bridgehead atoms. The van der Waals surface area contributed by atoms with E-state index < -0.39 is 11.5 Å². The molecule has 1 aromatic rings. The highest BCUT2D eigenvalue weighted by Crippen LogP contribution is 2.30. The number of carbonyl (C=O) groups excluding carboxylic acids is 1. The molecular weight excluding hydrogens is 212 g/mol. The summed E-state index contributed by atoms with van der Waals surface area (Å²) in [6, 6.07) is 4.01. The molecule has 1 N–H and O–H groups in total. The van der Waals surface area contributed by atoms with Crippen molar-refractivity contribution in [3.05, 3.63) is 35.1 Å². The third kappa shape index (κ3) is 2.64. The van der Waals surface area contributed by atoms with Crippen molar-refractivity contribution in [1.82, 2.24) is 5.32 Å². The molecule has 16 heavy (non-hydrogen) atoms. The second-order valence-electron chi connectivity index (χ2n) is 4.09. The number of ketones is 1. The first-order valence-electron chi connectivity index (χ1n) is 5.03. The Labute approximate surface area is 93.7 Å². The van der Waals surface area contributed by atoms with E-state index in [-0.39, 0.29) is 23.5 Å². The third-order valence-corrected chi connectivity index (χ3v) is 2.25.